The van der Waals surface area contributed by atoms with Gasteiger partial charge in [-0.15, -0.1) is 17.2 Å². The van der Waals surface area contributed by atoms with Crippen LogP contribution in [0.5, 0.6) is 17.2 Å². The zero-order valence-corrected chi connectivity index (χ0v) is 45.8. The van der Waals surface area contributed by atoms with Crippen LogP contribution in [-0.4, -0.2) is 16.3 Å². The zero-order valence-electron chi connectivity index (χ0n) is 44.2. The average molecular weight is 1180 g/mol. The summed E-state index contributed by atoms with van der Waals surface area (Å²) >= 11 is 0. The van der Waals surface area contributed by atoms with Crippen molar-refractivity contribution in [3.63, 3.8) is 0 Å². The van der Waals surface area contributed by atoms with Gasteiger partial charge in [0, 0.05) is 19.6 Å². The maximum absolute atomic E-state index is 14.5. The Balaban J connectivity index is 0.000000278. The van der Waals surface area contributed by atoms with E-state index in [1.165, 1.54) is 11.1 Å². The standard InChI is InChI=1S/C27H33NO3.C18HBF15O.2C7H8.Ti/c1-16-7-19(4)25(29)22(10-16)13-28(14-23-11-17(2)8-20(5)26(23)30)15-24-12-18(3)9-21(6)27(24)31;20-4-1(5(21)11(27)16(32)10(4)26)19(35,2-6(22)12(28)17(33)13(29)7(2)23)3-8(24)14(30)18(34)15(31)9(3)25;2*1-7-5-3-2-4-6-7;/h7-12,29-31H,13-15H2,1-6H3;35H;2*2-6H,1H3;/q;-1;;;+4/p-3. The van der Waals surface area contributed by atoms with E-state index in [4.69, 9.17) is 0 Å². The Kier molecular flexibility index (Phi) is 22.5. The van der Waals surface area contributed by atoms with E-state index in [9.17, 15) is 86.2 Å². The number of hydrogen-bond donors (Lipinski definition) is 1. The summed E-state index contributed by atoms with van der Waals surface area (Å²) < 4.78 is 210. The third-order valence-electron chi connectivity index (χ3n) is 12.5. The Hall–Kier alpha value is -7.19. The van der Waals surface area contributed by atoms with Crippen molar-refractivity contribution >= 4 is 22.7 Å². The second-order valence-corrected chi connectivity index (χ2v) is 18.9. The normalized spacial score (nSPS) is 11.0. The van der Waals surface area contributed by atoms with E-state index >= 15 is 0 Å². The SMILES string of the molecule is Cc1cc(C)c([O-])c(CN(Cc2cc(C)cc(C)c2[O-])Cc2cc(C)cc(C)c2[O-])c1.Cc1ccccc1.Cc1ccccc1.O[B-](c1c(F)c(F)c(F)c(F)c1F)(c1c(F)c(F)c(F)c(F)c1F)c1c(F)c(F)c(F)c(F)c1F.[Ti+4]. The first-order chi connectivity index (χ1) is 37.4. The Morgan fingerprint density at radius 1 is 0.321 bits per heavy atom. The third kappa shape index (κ3) is 14.5. The number of aryl methyl sites for hydroxylation is 8. The molecule has 0 bridgehead atoms. The fraction of sp³-hybridized carbons (Fsp3) is 0.186. The van der Waals surface area contributed by atoms with Gasteiger partial charge in [0.1, 0.15) is 34.9 Å². The van der Waals surface area contributed by atoms with Crippen LogP contribution in [0.3, 0.4) is 0 Å². The second kappa shape index (κ2) is 27.5. The number of benzene rings is 8. The predicted octanol–water partition coefficient (Wildman–Crippen LogP) is 11.7. The van der Waals surface area contributed by atoms with Crippen LogP contribution in [-0.2, 0) is 41.4 Å². The van der Waals surface area contributed by atoms with Crippen molar-refractivity contribution in [2.24, 2.45) is 0 Å². The first kappa shape index (κ1) is 66.3. The Bertz CT molecular complexity index is 3160. The van der Waals surface area contributed by atoms with Crippen LogP contribution in [0.25, 0.3) is 0 Å². The first-order valence-electron chi connectivity index (χ1n) is 23.9. The summed E-state index contributed by atoms with van der Waals surface area (Å²) in [6, 6.07) is 31.9. The molecule has 0 amide bonds. The molecule has 0 saturated heterocycles. The van der Waals surface area contributed by atoms with E-state index in [0.29, 0.717) is 53.0 Å². The van der Waals surface area contributed by atoms with Crippen LogP contribution in [0.2, 0.25) is 0 Å². The van der Waals surface area contributed by atoms with E-state index in [0.717, 1.165) is 16.7 Å². The van der Waals surface area contributed by atoms with Gasteiger partial charge < -0.3 is 20.3 Å². The summed E-state index contributed by atoms with van der Waals surface area (Å²) in [5, 5.41) is 49.1. The summed E-state index contributed by atoms with van der Waals surface area (Å²) in [5.74, 6) is -47.8. The molecule has 0 unspecified atom stereocenters. The molecule has 0 aromatic heterocycles. The second-order valence-electron chi connectivity index (χ2n) is 18.9. The molecular formula is C59H47BF15NO4Ti. The number of rotatable bonds is 9. The van der Waals surface area contributed by atoms with Crippen molar-refractivity contribution in [2.75, 3.05) is 0 Å². The summed E-state index contributed by atoms with van der Waals surface area (Å²) in [6.07, 6.45) is -6.41. The molecule has 424 valence electrons. The van der Waals surface area contributed by atoms with Gasteiger partial charge in [-0.2, -0.15) is 0 Å². The van der Waals surface area contributed by atoms with Gasteiger partial charge in [-0.3, -0.25) is 4.90 Å². The molecule has 0 radical (unpaired) electrons. The van der Waals surface area contributed by atoms with Gasteiger partial charge in [0.2, 0.25) is 6.35 Å². The minimum atomic E-state index is -6.41. The molecular weight excluding hydrogens is 1130 g/mol. The van der Waals surface area contributed by atoms with E-state index < -0.39 is 110 Å². The van der Waals surface area contributed by atoms with Crippen molar-refractivity contribution in [2.45, 2.75) is 75.0 Å². The summed E-state index contributed by atoms with van der Waals surface area (Å²) in [4.78, 5) is 2.03. The van der Waals surface area contributed by atoms with Crippen LogP contribution in [0, 0.1) is 143 Å². The van der Waals surface area contributed by atoms with E-state index in [2.05, 4.69) is 38.1 Å². The number of hydrogen-bond acceptors (Lipinski definition) is 5. The van der Waals surface area contributed by atoms with Crippen molar-refractivity contribution in [3.05, 3.63) is 246 Å². The topological polar surface area (TPSA) is 92.7 Å². The van der Waals surface area contributed by atoms with E-state index in [1.807, 2.05) is 119 Å². The molecule has 5 nitrogen and oxygen atoms in total. The van der Waals surface area contributed by atoms with Gasteiger partial charge in [-0.25, -0.2) is 65.9 Å². The first-order valence-corrected chi connectivity index (χ1v) is 23.9. The molecule has 8 aromatic carbocycles. The van der Waals surface area contributed by atoms with Crippen molar-refractivity contribution in [1.82, 2.24) is 4.90 Å². The molecule has 8 rings (SSSR count). The molecule has 0 spiro atoms. The monoisotopic (exact) mass is 1180 g/mol. The summed E-state index contributed by atoms with van der Waals surface area (Å²) in [7, 11) is 0. The minimum absolute atomic E-state index is 0. The van der Waals surface area contributed by atoms with E-state index in [1.54, 1.807) is 0 Å². The molecule has 22 heteroatoms. The fourth-order valence-corrected chi connectivity index (χ4v) is 8.84. The van der Waals surface area contributed by atoms with Gasteiger partial charge in [-0.1, -0.05) is 158 Å². The van der Waals surface area contributed by atoms with Gasteiger partial charge >= 0.3 is 21.7 Å². The molecule has 0 heterocycles. The maximum Gasteiger partial charge on any atom is 4.00 e. The van der Waals surface area contributed by atoms with Crippen LogP contribution in [0.15, 0.2) is 97.1 Å². The zero-order chi connectivity index (χ0) is 60.0. The summed E-state index contributed by atoms with van der Waals surface area (Å²) in [6.45, 7) is 16.7. The van der Waals surface area contributed by atoms with Crippen LogP contribution < -0.4 is 31.7 Å². The van der Waals surface area contributed by atoms with Crippen molar-refractivity contribution in [3.8, 4) is 17.2 Å². The molecule has 1 N–H and O–H groups in total. The predicted molar refractivity (Wildman–Crippen MR) is 267 cm³/mol. The maximum atomic E-state index is 14.5. The summed E-state index contributed by atoms with van der Waals surface area (Å²) in [5.41, 5.74) is 0.684. The molecule has 0 aliphatic rings. The average Bonchev–Trinajstić information content (AvgIpc) is 3.40. The van der Waals surface area contributed by atoms with Crippen molar-refractivity contribution in [1.29, 1.82) is 0 Å². The molecule has 0 fully saturated rings. The molecule has 81 heavy (non-hydrogen) atoms. The smallest absolute Gasteiger partial charge is 0.872 e. The van der Waals surface area contributed by atoms with Crippen LogP contribution >= 0.6 is 0 Å². The fourth-order valence-electron chi connectivity index (χ4n) is 8.84. The molecule has 0 aliphatic carbocycles. The number of nitrogens with zero attached hydrogens (tertiary/aromatic N) is 1. The van der Waals surface area contributed by atoms with Crippen LogP contribution in [0.1, 0.15) is 61.2 Å². The molecule has 8 aromatic rings. The molecule has 0 aliphatic heterocycles. The minimum Gasteiger partial charge on any atom is -0.872 e. The number of halogens is 15. The largest absolute Gasteiger partial charge is 4.00 e. The Labute approximate surface area is 471 Å². The Morgan fingerprint density at radius 2 is 0.519 bits per heavy atom. The molecule has 0 atom stereocenters. The Morgan fingerprint density at radius 3 is 0.704 bits per heavy atom. The van der Waals surface area contributed by atoms with Gasteiger partial charge in [0.15, 0.2) is 52.4 Å². The van der Waals surface area contributed by atoms with Gasteiger partial charge in [-0.05, 0) is 72.1 Å². The third-order valence-corrected chi connectivity index (χ3v) is 12.5. The van der Waals surface area contributed by atoms with E-state index in [-0.39, 0.29) is 39.0 Å². The van der Waals surface area contributed by atoms with Crippen LogP contribution in [0.4, 0.5) is 65.9 Å². The van der Waals surface area contributed by atoms with Crippen molar-refractivity contribution < 1.29 is 108 Å². The molecule has 0 saturated carbocycles. The van der Waals surface area contributed by atoms with Gasteiger partial charge in [0.25, 0.3) is 0 Å². The van der Waals surface area contributed by atoms with Gasteiger partial charge in [0.05, 0.1) is 0 Å². The quantitative estimate of drug-likeness (QED) is 0.0673.